The number of hydrogen-bond donors (Lipinski definition) is 0. The average Bonchev–Trinajstić information content (AvgIpc) is 3.17. The summed E-state index contributed by atoms with van der Waals surface area (Å²) in [4.78, 5) is 24.2. The highest BCUT2D eigenvalue weighted by atomic mass is 28.2. The van der Waals surface area contributed by atoms with Crippen LogP contribution < -0.4 is 0 Å². The highest BCUT2D eigenvalue weighted by Crippen LogP contribution is 2.28. The molecule has 4 nitrogen and oxygen atoms in total. The smallest absolute Gasteiger partial charge is 0.292 e. The molecule has 0 spiro atoms. The summed E-state index contributed by atoms with van der Waals surface area (Å²) in [5, 5.41) is 0. The molecule has 0 aliphatic carbocycles. The number of hydrogen-bond acceptors (Lipinski definition) is 4. The lowest BCUT2D eigenvalue weighted by atomic mass is 9.81. The van der Waals surface area contributed by atoms with E-state index in [2.05, 4.69) is 55.4 Å². The molecular formula is C52H106O4Si2. The lowest BCUT2D eigenvalue weighted by molar-refractivity contribution is -0.140. The predicted molar refractivity (Wildman–Crippen MR) is 262 cm³/mol. The molecule has 0 saturated heterocycles. The topological polar surface area (TPSA) is 52.6 Å². The molecule has 0 aromatic heterocycles. The fraction of sp³-hybridized carbons (Fsp3) is 0.962. The highest BCUT2D eigenvalue weighted by molar-refractivity contribution is 6.31. The van der Waals surface area contributed by atoms with Crippen LogP contribution >= 0.6 is 0 Å². The summed E-state index contributed by atoms with van der Waals surface area (Å²) in [5.41, 5.74) is 0. The van der Waals surface area contributed by atoms with Gasteiger partial charge in [-0.3, -0.25) is 9.59 Å². The van der Waals surface area contributed by atoms with Crippen molar-refractivity contribution in [2.45, 2.75) is 286 Å². The third-order valence-electron chi connectivity index (χ3n) is 13.3. The third-order valence-corrected chi connectivity index (χ3v) is 16.0. The molecule has 0 aromatic rings. The van der Waals surface area contributed by atoms with Crippen LogP contribution in [0, 0.1) is 35.5 Å². The van der Waals surface area contributed by atoms with Gasteiger partial charge < -0.3 is 8.85 Å². The van der Waals surface area contributed by atoms with Crippen molar-refractivity contribution in [2.75, 3.05) is 0 Å². The van der Waals surface area contributed by atoms with Crippen LogP contribution in [-0.2, 0) is 18.4 Å². The van der Waals surface area contributed by atoms with E-state index in [0.29, 0.717) is 0 Å². The molecule has 0 fully saturated rings. The Labute approximate surface area is 369 Å². The Hall–Kier alpha value is -0.626. The van der Waals surface area contributed by atoms with E-state index < -0.39 is 19.5 Å². The van der Waals surface area contributed by atoms with Crippen molar-refractivity contribution in [3.63, 3.8) is 0 Å². The van der Waals surface area contributed by atoms with Crippen molar-refractivity contribution >= 4 is 31.5 Å². The van der Waals surface area contributed by atoms with Gasteiger partial charge in [-0.2, -0.15) is 0 Å². The fourth-order valence-corrected chi connectivity index (χ4v) is 11.7. The van der Waals surface area contributed by atoms with Gasteiger partial charge in [0.2, 0.25) is 19.5 Å². The van der Waals surface area contributed by atoms with Crippen molar-refractivity contribution in [3.8, 4) is 0 Å². The van der Waals surface area contributed by atoms with Crippen LogP contribution in [0.2, 0.25) is 12.1 Å². The maximum absolute atomic E-state index is 12.1. The largest absolute Gasteiger partial charge is 0.525 e. The zero-order chi connectivity index (χ0) is 42.9. The molecule has 0 unspecified atom stereocenters. The third kappa shape index (κ3) is 39.5. The number of unbranched alkanes of at least 4 members (excludes halogenated alkanes) is 28. The Morgan fingerprint density at radius 2 is 0.500 bits per heavy atom. The highest BCUT2D eigenvalue weighted by Gasteiger charge is 2.17. The van der Waals surface area contributed by atoms with E-state index in [4.69, 9.17) is 8.85 Å². The first kappa shape index (κ1) is 57.4. The van der Waals surface area contributed by atoms with E-state index in [0.717, 1.165) is 47.6 Å². The summed E-state index contributed by atoms with van der Waals surface area (Å²) >= 11 is 0. The zero-order valence-electron chi connectivity index (χ0n) is 41.0. The van der Waals surface area contributed by atoms with Crippen molar-refractivity contribution in [2.24, 2.45) is 35.5 Å². The number of carbonyl (C=O) groups is 2. The van der Waals surface area contributed by atoms with Gasteiger partial charge >= 0.3 is 0 Å². The lowest BCUT2D eigenvalue weighted by Crippen LogP contribution is -2.15. The zero-order valence-corrected chi connectivity index (χ0v) is 43.8. The monoisotopic (exact) mass is 851 g/mol. The predicted octanol–water partition coefficient (Wildman–Crippen LogP) is 16.2. The molecule has 58 heavy (non-hydrogen) atoms. The SMILES string of the molecule is CC(C)C(CCCCCCCCCCCCCCCCC[SiH2]OC(=O)CCC(=O)O[SiH2]CCCCCCCCCCCCCCCCCC(C(C)C)C(C)C)C(C)C. The first-order valence-electron chi connectivity index (χ1n) is 26.4. The van der Waals surface area contributed by atoms with Crippen LogP contribution in [0.15, 0.2) is 0 Å². The molecule has 0 bridgehead atoms. The molecule has 6 heteroatoms. The first-order valence-corrected chi connectivity index (χ1v) is 29.5. The van der Waals surface area contributed by atoms with Gasteiger partial charge in [-0.15, -0.1) is 0 Å². The summed E-state index contributed by atoms with van der Waals surface area (Å²) in [6.45, 7) is 19.1. The van der Waals surface area contributed by atoms with Crippen molar-refractivity contribution in [1.82, 2.24) is 0 Å². The standard InChI is InChI=1S/C52H106O4Si2/c1-45(2)49(46(3)4)39-35-31-27-23-19-15-11-9-13-17-21-25-29-33-37-43-57-55-51(53)41-42-52(54)56-58-44-38-34-30-26-22-18-14-10-12-16-20-24-28-32-36-40-50(47(5)6)48(7)8/h45-50H,9-44,57-58H2,1-8H3. The van der Waals surface area contributed by atoms with E-state index in [1.807, 2.05) is 0 Å². The van der Waals surface area contributed by atoms with E-state index in [1.54, 1.807) is 0 Å². The molecule has 0 heterocycles. The molecule has 0 amide bonds. The molecular weight excluding hydrogens is 745 g/mol. The maximum Gasteiger partial charge on any atom is 0.292 e. The van der Waals surface area contributed by atoms with E-state index in [-0.39, 0.29) is 24.8 Å². The molecule has 0 aromatic carbocycles. The second-order valence-electron chi connectivity index (χ2n) is 20.1. The Balaban J connectivity index is 3.33. The average molecular weight is 852 g/mol. The maximum atomic E-state index is 12.1. The molecule has 0 aliphatic heterocycles. The molecule has 0 atom stereocenters. The summed E-state index contributed by atoms with van der Waals surface area (Å²) in [5.74, 6) is 4.73. The minimum atomic E-state index is -0.797. The molecule has 0 N–H and O–H groups in total. The Bertz CT molecular complexity index is 789. The Morgan fingerprint density at radius 1 is 0.310 bits per heavy atom. The number of carbonyl (C=O) groups excluding carboxylic acids is 2. The van der Waals surface area contributed by atoms with Gasteiger partial charge in [0, 0.05) is 0 Å². The molecule has 0 radical (unpaired) electrons. The van der Waals surface area contributed by atoms with Gasteiger partial charge in [-0.1, -0.05) is 248 Å². The van der Waals surface area contributed by atoms with E-state index in [1.165, 1.54) is 205 Å². The van der Waals surface area contributed by atoms with E-state index >= 15 is 0 Å². The second kappa shape index (κ2) is 43.0. The minimum Gasteiger partial charge on any atom is -0.525 e. The fourth-order valence-electron chi connectivity index (χ4n) is 9.51. The van der Waals surface area contributed by atoms with Crippen LogP contribution in [0.4, 0.5) is 0 Å². The van der Waals surface area contributed by atoms with Crippen LogP contribution in [0.5, 0.6) is 0 Å². The van der Waals surface area contributed by atoms with Gasteiger partial charge in [0.1, 0.15) is 0 Å². The molecule has 0 rings (SSSR count). The van der Waals surface area contributed by atoms with E-state index in [9.17, 15) is 9.59 Å². The van der Waals surface area contributed by atoms with Gasteiger partial charge in [-0.05, 0) is 60.4 Å². The minimum absolute atomic E-state index is 0.190. The lowest BCUT2D eigenvalue weighted by Gasteiger charge is -2.24. The van der Waals surface area contributed by atoms with Gasteiger partial charge in [0.25, 0.3) is 11.9 Å². The Morgan fingerprint density at radius 3 is 0.707 bits per heavy atom. The normalized spacial score (nSPS) is 12.4. The summed E-state index contributed by atoms with van der Waals surface area (Å²) in [6.07, 6.45) is 44.6. The van der Waals surface area contributed by atoms with Crippen LogP contribution in [0.3, 0.4) is 0 Å². The summed E-state index contributed by atoms with van der Waals surface area (Å²) in [6, 6.07) is 2.13. The summed E-state index contributed by atoms with van der Waals surface area (Å²) in [7, 11) is -1.59. The van der Waals surface area contributed by atoms with Gasteiger partial charge in [0.05, 0.1) is 12.8 Å². The molecule has 0 saturated carbocycles. The van der Waals surface area contributed by atoms with Crippen molar-refractivity contribution in [3.05, 3.63) is 0 Å². The first-order chi connectivity index (χ1) is 28.1. The van der Waals surface area contributed by atoms with Crippen molar-refractivity contribution < 1.29 is 18.4 Å². The second-order valence-corrected chi connectivity index (χ2v) is 22.9. The summed E-state index contributed by atoms with van der Waals surface area (Å²) < 4.78 is 11.0. The van der Waals surface area contributed by atoms with Crippen LogP contribution in [-0.4, -0.2) is 31.5 Å². The quantitative estimate of drug-likeness (QED) is 0.0452. The van der Waals surface area contributed by atoms with Gasteiger partial charge in [-0.25, -0.2) is 0 Å². The molecule has 0 aliphatic rings. The molecule has 346 valence electrons. The number of rotatable bonds is 45. The Kier molecular flexibility index (Phi) is 42.6. The van der Waals surface area contributed by atoms with Crippen LogP contribution in [0.25, 0.3) is 0 Å². The van der Waals surface area contributed by atoms with Crippen molar-refractivity contribution in [1.29, 1.82) is 0 Å². The van der Waals surface area contributed by atoms with Gasteiger partial charge in [0.15, 0.2) is 0 Å². The van der Waals surface area contributed by atoms with Crippen LogP contribution in [0.1, 0.15) is 274 Å².